The number of phenols is 1. The van der Waals surface area contributed by atoms with Crippen LogP contribution in [0.4, 0.5) is 5.69 Å². The normalized spacial score (nSPS) is 13.8. The minimum atomic E-state index is -0.00127. The maximum atomic E-state index is 9.94. The second-order valence-electron chi connectivity index (χ2n) is 5.71. The van der Waals surface area contributed by atoms with Gasteiger partial charge in [0.1, 0.15) is 11.4 Å². The first kappa shape index (κ1) is 17.3. The second-order valence-corrected chi connectivity index (χ2v) is 6.11. The van der Waals surface area contributed by atoms with Gasteiger partial charge in [0.25, 0.3) is 0 Å². The maximum absolute atomic E-state index is 9.94. The molecule has 0 aliphatic heterocycles. The first-order valence-corrected chi connectivity index (χ1v) is 7.20. The highest BCUT2D eigenvalue weighted by Gasteiger charge is 2.15. The number of allylic oxidation sites excluding steroid dienone is 5. The van der Waals surface area contributed by atoms with Crippen molar-refractivity contribution >= 4 is 23.5 Å². The zero-order chi connectivity index (χ0) is 16.0. The minimum Gasteiger partial charge on any atom is -0.506 e. The summed E-state index contributed by atoms with van der Waals surface area (Å²) in [7, 11) is 0. The van der Waals surface area contributed by atoms with E-state index in [4.69, 9.17) is 11.6 Å². The van der Waals surface area contributed by atoms with Gasteiger partial charge in [0.05, 0.1) is 0 Å². The largest absolute Gasteiger partial charge is 0.506 e. The summed E-state index contributed by atoms with van der Waals surface area (Å²) in [5, 5.41) is 10.5. The summed E-state index contributed by atoms with van der Waals surface area (Å²) in [6.45, 7) is 11.9. The lowest BCUT2D eigenvalue weighted by molar-refractivity contribution is 0.475. The molecule has 0 unspecified atom stereocenters. The molecule has 0 heterocycles. The summed E-state index contributed by atoms with van der Waals surface area (Å²) in [6.07, 6.45) is 6.84. The van der Waals surface area contributed by atoms with Crippen LogP contribution in [0.25, 0.3) is 0 Å². The van der Waals surface area contributed by atoms with Crippen molar-refractivity contribution in [3.8, 4) is 5.75 Å². The van der Waals surface area contributed by atoms with Crippen molar-refractivity contribution in [2.75, 3.05) is 0 Å². The van der Waals surface area contributed by atoms with E-state index in [9.17, 15) is 5.11 Å². The van der Waals surface area contributed by atoms with Gasteiger partial charge in [-0.05, 0) is 30.0 Å². The summed E-state index contributed by atoms with van der Waals surface area (Å²) in [5.41, 5.74) is 2.38. The highest BCUT2D eigenvalue weighted by molar-refractivity contribution is 6.34. The Hall–Kier alpha value is -1.80. The fraction of sp³-hybridized carbons (Fsp3) is 0.278. The fourth-order valence-corrected chi connectivity index (χ4v) is 1.82. The van der Waals surface area contributed by atoms with Gasteiger partial charge >= 0.3 is 0 Å². The zero-order valence-electron chi connectivity index (χ0n) is 13.0. The molecule has 1 aromatic carbocycles. The van der Waals surface area contributed by atoms with Crippen LogP contribution in [0.5, 0.6) is 5.75 Å². The number of aromatic hydroxyl groups is 1. The van der Waals surface area contributed by atoms with Gasteiger partial charge in [-0.1, -0.05) is 63.2 Å². The number of halogens is 1. The van der Waals surface area contributed by atoms with Crippen molar-refractivity contribution in [2.45, 2.75) is 33.1 Å². The summed E-state index contributed by atoms with van der Waals surface area (Å²) in [4.78, 5) is 4.35. The monoisotopic (exact) mass is 303 g/mol. The molecule has 0 radical (unpaired) electrons. The topological polar surface area (TPSA) is 32.6 Å². The Morgan fingerprint density at radius 2 is 2.00 bits per heavy atom. The van der Waals surface area contributed by atoms with Crippen molar-refractivity contribution in [3.05, 3.63) is 59.2 Å². The van der Waals surface area contributed by atoms with E-state index in [1.807, 2.05) is 19.1 Å². The van der Waals surface area contributed by atoms with Crippen LogP contribution in [0.1, 0.15) is 33.3 Å². The van der Waals surface area contributed by atoms with Gasteiger partial charge in [-0.15, -0.1) is 0 Å². The Bertz CT molecular complexity index is 604. The average molecular weight is 304 g/mol. The van der Waals surface area contributed by atoms with Gasteiger partial charge in [0.15, 0.2) is 0 Å². The number of phenolic OH excluding ortho intramolecular Hbond substituents is 1. The molecule has 0 amide bonds. The number of nitrogens with zero attached hydrogens (tertiary/aromatic N) is 1. The van der Waals surface area contributed by atoms with Crippen LogP contribution < -0.4 is 0 Å². The molecule has 0 bridgehead atoms. The fourth-order valence-electron chi connectivity index (χ4n) is 1.71. The van der Waals surface area contributed by atoms with Gasteiger partial charge in [0.2, 0.25) is 0 Å². The van der Waals surface area contributed by atoms with Crippen molar-refractivity contribution in [2.24, 2.45) is 4.99 Å². The molecule has 1 aromatic rings. The first-order chi connectivity index (χ1) is 9.79. The summed E-state index contributed by atoms with van der Waals surface area (Å²) >= 11 is 6.11. The highest BCUT2D eigenvalue weighted by Crippen LogP contribution is 2.32. The van der Waals surface area contributed by atoms with Crippen molar-refractivity contribution in [1.82, 2.24) is 0 Å². The number of hydrogen-bond acceptors (Lipinski definition) is 2. The predicted octanol–water partition coefficient (Wildman–Crippen LogP) is 5.65. The quantitative estimate of drug-likeness (QED) is 0.566. The van der Waals surface area contributed by atoms with Gasteiger partial charge in [-0.25, -0.2) is 0 Å². The third kappa shape index (κ3) is 4.91. The molecule has 0 saturated heterocycles. The second kappa shape index (κ2) is 7.28. The van der Waals surface area contributed by atoms with Gasteiger partial charge in [-0.3, -0.25) is 4.99 Å². The molecule has 0 aromatic heterocycles. The molecular weight excluding hydrogens is 282 g/mol. The van der Waals surface area contributed by atoms with Gasteiger partial charge in [0, 0.05) is 16.8 Å². The van der Waals surface area contributed by atoms with Crippen LogP contribution in [-0.4, -0.2) is 11.3 Å². The van der Waals surface area contributed by atoms with Gasteiger partial charge in [-0.2, -0.15) is 0 Å². The molecule has 0 fully saturated rings. The molecular formula is C18H22ClNO. The molecule has 21 heavy (non-hydrogen) atoms. The summed E-state index contributed by atoms with van der Waals surface area (Å²) < 4.78 is 0. The third-order valence-corrected chi connectivity index (χ3v) is 3.45. The third-order valence-electron chi connectivity index (χ3n) is 3.01. The van der Waals surface area contributed by atoms with E-state index in [0.717, 1.165) is 11.1 Å². The lowest BCUT2D eigenvalue weighted by atomic mass is 9.87. The SMILES string of the molecule is C=C/C=C(C=Nc1cc(C(C)(C)C)ccc1O)\C(Cl)=C/C. The predicted molar refractivity (Wildman–Crippen MR) is 92.8 cm³/mol. The standard InChI is InChI=1S/C18H22ClNO/c1-6-8-13(15(19)7-2)12-20-16-11-14(18(3,4)5)9-10-17(16)21/h6-12,21H,1H2,2-5H3/b13-8-,15-7+,20-12?. The number of hydrogen-bond donors (Lipinski definition) is 1. The molecule has 0 spiro atoms. The molecule has 1 rings (SSSR count). The Balaban J connectivity index is 3.20. The average Bonchev–Trinajstić information content (AvgIpc) is 2.42. The van der Waals surface area contributed by atoms with Crippen molar-refractivity contribution in [1.29, 1.82) is 0 Å². The molecule has 112 valence electrons. The lowest BCUT2D eigenvalue weighted by Gasteiger charge is -2.19. The van der Waals surface area contributed by atoms with Crippen LogP contribution in [0, 0.1) is 0 Å². The Kier molecular flexibility index (Phi) is 5.98. The molecule has 0 aliphatic rings. The molecule has 2 nitrogen and oxygen atoms in total. The first-order valence-electron chi connectivity index (χ1n) is 6.82. The number of rotatable bonds is 4. The minimum absolute atomic E-state index is 0.00127. The van der Waals surface area contributed by atoms with Gasteiger partial charge < -0.3 is 5.11 Å². The highest BCUT2D eigenvalue weighted by atomic mass is 35.5. The Morgan fingerprint density at radius 1 is 1.33 bits per heavy atom. The molecule has 0 aliphatic carbocycles. The lowest BCUT2D eigenvalue weighted by Crippen LogP contribution is -2.10. The van der Waals surface area contributed by atoms with E-state index < -0.39 is 0 Å². The van der Waals surface area contributed by atoms with E-state index in [1.165, 1.54) is 0 Å². The number of aliphatic imine (C=N–C) groups is 1. The number of benzene rings is 1. The van der Waals surface area contributed by atoms with Crippen LogP contribution in [-0.2, 0) is 5.41 Å². The Morgan fingerprint density at radius 3 is 2.52 bits per heavy atom. The van der Waals surface area contributed by atoms with Crippen molar-refractivity contribution in [3.63, 3.8) is 0 Å². The van der Waals surface area contributed by atoms with Crippen LogP contribution in [0.3, 0.4) is 0 Å². The van der Waals surface area contributed by atoms with Crippen LogP contribution in [0.15, 0.2) is 58.6 Å². The van der Waals surface area contributed by atoms with Crippen LogP contribution >= 0.6 is 11.6 Å². The van der Waals surface area contributed by atoms with Crippen molar-refractivity contribution < 1.29 is 5.11 Å². The molecule has 1 N–H and O–H groups in total. The van der Waals surface area contributed by atoms with E-state index in [0.29, 0.717) is 10.7 Å². The van der Waals surface area contributed by atoms with E-state index in [1.54, 1.807) is 30.5 Å². The summed E-state index contributed by atoms with van der Waals surface area (Å²) in [5.74, 6) is 0.147. The van der Waals surface area contributed by atoms with E-state index in [2.05, 4.69) is 32.3 Å². The smallest absolute Gasteiger partial charge is 0.141 e. The Labute approximate surface area is 132 Å². The van der Waals surface area contributed by atoms with E-state index >= 15 is 0 Å². The molecule has 0 saturated carbocycles. The van der Waals surface area contributed by atoms with E-state index in [-0.39, 0.29) is 11.2 Å². The maximum Gasteiger partial charge on any atom is 0.141 e. The summed E-state index contributed by atoms with van der Waals surface area (Å²) in [6, 6.07) is 5.47. The van der Waals surface area contributed by atoms with Crippen LogP contribution in [0.2, 0.25) is 0 Å². The zero-order valence-corrected chi connectivity index (χ0v) is 13.8. The molecule has 3 heteroatoms. The molecule has 0 atom stereocenters.